The van der Waals surface area contributed by atoms with E-state index in [0.29, 0.717) is 0 Å². The van der Waals surface area contributed by atoms with E-state index in [4.69, 9.17) is 5.11 Å². The second kappa shape index (κ2) is 4.56. The molecule has 19 heavy (non-hydrogen) atoms. The molecule has 0 bridgehead atoms. The summed E-state index contributed by atoms with van der Waals surface area (Å²) in [7, 11) is 0. The van der Waals surface area contributed by atoms with E-state index in [1.54, 1.807) is 0 Å². The molecule has 0 aliphatic carbocycles. The van der Waals surface area contributed by atoms with Crippen molar-refractivity contribution >= 4 is 12.3 Å². The Kier molecular flexibility index (Phi) is 3.60. The molecular formula is C10H4F6O3. The number of carbonyl (C=O) groups excluding carboxylic acids is 1. The van der Waals surface area contributed by atoms with E-state index in [0.717, 1.165) is 0 Å². The molecule has 0 aliphatic heterocycles. The largest absolute Gasteiger partial charge is 0.478 e. The van der Waals surface area contributed by atoms with Gasteiger partial charge in [0.15, 0.2) is 6.29 Å². The first-order chi connectivity index (χ1) is 8.48. The van der Waals surface area contributed by atoms with Crippen LogP contribution in [0.25, 0.3) is 0 Å². The number of benzene rings is 1. The monoisotopic (exact) mass is 286 g/mol. The summed E-state index contributed by atoms with van der Waals surface area (Å²) in [6, 6.07) is -0.0252. The normalized spacial score (nSPS) is 12.3. The van der Waals surface area contributed by atoms with Gasteiger partial charge >= 0.3 is 18.3 Å². The van der Waals surface area contributed by atoms with Gasteiger partial charge in [0.05, 0.1) is 16.7 Å². The van der Waals surface area contributed by atoms with Crippen molar-refractivity contribution in [2.24, 2.45) is 0 Å². The lowest BCUT2D eigenvalue weighted by Crippen LogP contribution is -2.18. The molecule has 1 rings (SSSR count). The van der Waals surface area contributed by atoms with E-state index in [1.165, 1.54) is 0 Å². The Morgan fingerprint density at radius 2 is 1.37 bits per heavy atom. The van der Waals surface area contributed by atoms with Crippen LogP contribution in [-0.4, -0.2) is 17.4 Å². The molecule has 0 unspecified atom stereocenters. The fraction of sp³-hybridized carbons (Fsp3) is 0.200. The van der Waals surface area contributed by atoms with Crippen molar-refractivity contribution in [3.8, 4) is 0 Å². The van der Waals surface area contributed by atoms with E-state index >= 15 is 0 Å². The zero-order chi connectivity index (χ0) is 15.0. The highest BCUT2D eigenvalue weighted by atomic mass is 19.4. The second-order valence-electron chi connectivity index (χ2n) is 3.40. The number of hydrogen-bond donors (Lipinski definition) is 1. The molecule has 0 saturated carbocycles. The average Bonchev–Trinajstić information content (AvgIpc) is 2.24. The Labute approximate surface area is 101 Å². The number of carboxylic acids is 1. The van der Waals surface area contributed by atoms with Crippen LogP contribution in [0.3, 0.4) is 0 Å². The predicted molar refractivity (Wildman–Crippen MR) is 48.8 cm³/mol. The van der Waals surface area contributed by atoms with Crippen LogP contribution in [-0.2, 0) is 12.4 Å². The summed E-state index contributed by atoms with van der Waals surface area (Å²) < 4.78 is 75.2. The zero-order valence-corrected chi connectivity index (χ0v) is 8.76. The SMILES string of the molecule is O=Cc1c(C(F)(F)F)cc(C(=O)O)cc1C(F)(F)F. The first-order valence-electron chi connectivity index (χ1n) is 4.49. The number of carbonyl (C=O) groups is 2. The fourth-order valence-corrected chi connectivity index (χ4v) is 1.37. The lowest BCUT2D eigenvalue weighted by Gasteiger charge is -2.16. The standard InChI is InChI=1S/C10H4F6O3/c11-9(12,13)6-1-4(8(18)19)2-7(5(6)3-17)10(14,15)16/h1-3H,(H,18,19). The maximum Gasteiger partial charge on any atom is 0.417 e. The van der Waals surface area contributed by atoms with Gasteiger partial charge in [0.25, 0.3) is 0 Å². The minimum absolute atomic E-state index is 0.0126. The van der Waals surface area contributed by atoms with Crippen LogP contribution in [0.15, 0.2) is 12.1 Å². The molecule has 1 N–H and O–H groups in total. The Morgan fingerprint density at radius 1 is 1.00 bits per heavy atom. The van der Waals surface area contributed by atoms with E-state index in [9.17, 15) is 35.9 Å². The van der Waals surface area contributed by atoms with Gasteiger partial charge in [-0.2, -0.15) is 26.3 Å². The highest BCUT2D eigenvalue weighted by Gasteiger charge is 2.41. The van der Waals surface area contributed by atoms with Gasteiger partial charge in [-0.3, -0.25) is 4.79 Å². The molecule has 0 aliphatic rings. The van der Waals surface area contributed by atoms with Crippen LogP contribution in [0, 0.1) is 0 Å². The lowest BCUT2D eigenvalue weighted by atomic mass is 9.97. The number of aromatic carboxylic acids is 1. The number of aldehydes is 1. The molecule has 0 spiro atoms. The summed E-state index contributed by atoms with van der Waals surface area (Å²) >= 11 is 0. The van der Waals surface area contributed by atoms with Gasteiger partial charge in [0.1, 0.15) is 0 Å². The van der Waals surface area contributed by atoms with Gasteiger partial charge in [-0.15, -0.1) is 0 Å². The number of hydrogen-bond acceptors (Lipinski definition) is 2. The van der Waals surface area contributed by atoms with Gasteiger partial charge in [-0.1, -0.05) is 0 Å². The maximum absolute atomic E-state index is 12.5. The summed E-state index contributed by atoms with van der Waals surface area (Å²) in [5, 5.41) is 8.51. The van der Waals surface area contributed by atoms with Crippen molar-refractivity contribution in [3.63, 3.8) is 0 Å². The minimum atomic E-state index is -5.28. The van der Waals surface area contributed by atoms with Gasteiger partial charge in [0, 0.05) is 5.56 Å². The molecule has 0 atom stereocenters. The number of halogens is 6. The van der Waals surface area contributed by atoms with Crippen molar-refractivity contribution in [3.05, 3.63) is 34.4 Å². The second-order valence-corrected chi connectivity index (χ2v) is 3.40. The van der Waals surface area contributed by atoms with Crippen LogP contribution >= 0.6 is 0 Å². The number of carboxylic acid groups (broad SMARTS) is 1. The third-order valence-electron chi connectivity index (χ3n) is 2.16. The van der Waals surface area contributed by atoms with Crippen molar-refractivity contribution in [2.45, 2.75) is 12.4 Å². The van der Waals surface area contributed by atoms with E-state index in [2.05, 4.69) is 0 Å². The molecule has 0 radical (unpaired) electrons. The van der Waals surface area contributed by atoms with Crippen LogP contribution in [0.4, 0.5) is 26.3 Å². The molecule has 0 amide bonds. The molecular weight excluding hydrogens is 282 g/mol. The number of alkyl halides is 6. The molecule has 1 aromatic carbocycles. The highest BCUT2D eigenvalue weighted by molar-refractivity contribution is 5.91. The van der Waals surface area contributed by atoms with Crippen molar-refractivity contribution in [2.75, 3.05) is 0 Å². The minimum Gasteiger partial charge on any atom is -0.478 e. The summed E-state index contributed by atoms with van der Waals surface area (Å²) in [5.41, 5.74) is -6.71. The van der Waals surface area contributed by atoms with Gasteiger partial charge in [-0.25, -0.2) is 4.79 Å². The summed E-state index contributed by atoms with van der Waals surface area (Å²) in [6.45, 7) is 0. The third-order valence-corrected chi connectivity index (χ3v) is 2.16. The molecule has 1 aromatic rings. The molecule has 0 heterocycles. The quantitative estimate of drug-likeness (QED) is 0.670. The zero-order valence-electron chi connectivity index (χ0n) is 8.76. The van der Waals surface area contributed by atoms with Gasteiger partial charge < -0.3 is 5.11 Å². The van der Waals surface area contributed by atoms with Crippen molar-refractivity contribution < 1.29 is 41.0 Å². The molecule has 0 fully saturated rings. The summed E-state index contributed by atoms with van der Waals surface area (Å²) in [5.74, 6) is -1.96. The average molecular weight is 286 g/mol. The van der Waals surface area contributed by atoms with Crippen molar-refractivity contribution in [1.29, 1.82) is 0 Å². The van der Waals surface area contributed by atoms with Crippen LogP contribution in [0.2, 0.25) is 0 Å². The Balaban J connectivity index is 3.77. The first kappa shape index (κ1) is 15.0. The summed E-state index contributed by atoms with van der Waals surface area (Å²) in [6.07, 6.45) is -11.2. The highest BCUT2D eigenvalue weighted by Crippen LogP contribution is 2.39. The first-order valence-corrected chi connectivity index (χ1v) is 4.49. The van der Waals surface area contributed by atoms with E-state index in [-0.39, 0.29) is 12.1 Å². The van der Waals surface area contributed by atoms with E-state index < -0.39 is 46.9 Å². The van der Waals surface area contributed by atoms with Crippen LogP contribution in [0.5, 0.6) is 0 Å². The van der Waals surface area contributed by atoms with E-state index in [1.807, 2.05) is 0 Å². The smallest absolute Gasteiger partial charge is 0.417 e. The Morgan fingerprint density at radius 3 is 1.58 bits per heavy atom. The third kappa shape index (κ3) is 3.04. The molecule has 9 heteroatoms. The molecule has 3 nitrogen and oxygen atoms in total. The maximum atomic E-state index is 12.5. The fourth-order valence-electron chi connectivity index (χ4n) is 1.37. The molecule has 0 saturated heterocycles. The Hall–Kier alpha value is -2.06. The molecule has 0 aromatic heterocycles. The predicted octanol–water partition coefficient (Wildman–Crippen LogP) is 3.23. The molecule has 104 valence electrons. The van der Waals surface area contributed by atoms with Gasteiger partial charge in [-0.05, 0) is 12.1 Å². The van der Waals surface area contributed by atoms with Crippen LogP contribution in [0.1, 0.15) is 31.8 Å². The summed E-state index contributed by atoms with van der Waals surface area (Å²) in [4.78, 5) is 21.0. The Bertz CT molecular complexity index is 494. The van der Waals surface area contributed by atoms with Gasteiger partial charge in [0.2, 0.25) is 0 Å². The van der Waals surface area contributed by atoms with Crippen LogP contribution < -0.4 is 0 Å². The number of rotatable bonds is 2. The topological polar surface area (TPSA) is 54.4 Å². The lowest BCUT2D eigenvalue weighted by molar-refractivity contribution is -0.143. The van der Waals surface area contributed by atoms with Crippen molar-refractivity contribution in [1.82, 2.24) is 0 Å².